The SMILES string of the molecule is N#C[C@]1(C(N)=O)[C@H](c2ccc(F)cc2)[C@@H](C(=O)c2ccc(F)cc2)N2c3ccccc3C=C[C@@H]21. The van der Waals surface area contributed by atoms with Crippen molar-refractivity contribution in [3.63, 3.8) is 0 Å². The zero-order chi connectivity index (χ0) is 24.0. The Morgan fingerprint density at radius 2 is 1.56 bits per heavy atom. The molecule has 1 fully saturated rings. The van der Waals surface area contributed by atoms with Crippen molar-refractivity contribution in [1.29, 1.82) is 5.26 Å². The van der Waals surface area contributed by atoms with Crippen LogP contribution in [0.2, 0.25) is 0 Å². The van der Waals surface area contributed by atoms with Gasteiger partial charge in [-0.15, -0.1) is 0 Å². The highest BCUT2D eigenvalue weighted by molar-refractivity contribution is 6.06. The van der Waals surface area contributed by atoms with Crippen LogP contribution < -0.4 is 10.6 Å². The van der Waals surface area contributed by atoms with Gasteiger partial charge in [0.1, 0.15) is 17.7 Å². The summed E-state index contributed by atoms with van der Waals surface area (Å²) in [5.41, 5.74) is 6.21. The standard InChI is InChI=1S/C27H19F2N3O2/c28-19-10-5-17(6-11-19)23-24(25(33)18-7-12-20(29)13-8-18)32-21-4-2-1-3-16(21)9-14-22(32)27(23,15-30)26(31)34/h1-14,22-24H,(H2,31,34)/t22-,23-,24+,27-/m1/s1. The lowest BCUT2D eigenvalue weighted by molar-refractivity contribution is -0.125. The van der Waals surface area contributed by atoms with Crippen molar-refractivity contribution in [1.82, 2.24) is 0 Å². The molecule has 4 atom stereocenters. The molecule has 2 aliphatic heterocycles. The third kappa shape index (κ3) is 3.03. The van der Waals surface area contributed by atoms with E-state index in [2.05, 4.69) is 6.07 Å². The first-order chi connectivity index (χ1) is 16.4. The molecule has 168 valence electrons. The van der Waals surface area contributed by atoms with Crippen molar-refractivity contribution >= 4 is 23.5 Å². The molecule has 2 N–H and O–H groups in total. The molecule has 0 saturated carbocycles. The van der Waals surface area contributed by atoms with Crippen LogP contribution in [0.15, 0.2) is 78.9 Å². The number of para-hydroxylation sites is 1. The van der Waals surface area contributed by atoms with E-state index >= 15 is 0 Å². The smallest absolute Gasteiger partial charge is 0.241 e. The zero-order valence-electron chi connectivity index (χ0n) is 17.9. The maximum Gasteiger partial charge on any atom is 0.241 e. The van der Waals surface area contributed by atoms with Gasteiger partial charge in [0, 0.05) is 17.2 Å². The lowest BCUT2D eigenvalue weighted by Crippen LogP contribution is -2.49. The van der Waals surface area contributed by atoms with Crippen molar-refractivity contribution in [3.05, 3.63) is 107 Å². The van der Waals surface area contributed by atoms with Gasteiger partial charge >= 0.3 is 0 Å². The van der Waals surface area contributed by atoms with E-state index in [-0.39, 0.29) is 5.56 Å². The molecule has 1 amide bonds. The fourth-order valence-corrected chi connectivity index (χ4v) is 5.26. The number of benzene rings is 3. The molecule has 5 nitrogen and oxygen atoms in total. The molecule has 2 aliphatic rings. The zero-order valence-corrected chi connectivity index (χ0v) is 17.9. The van der Waals surface area contributed by atoms with Gasteiger partial charge < -0.3 is 10.6 Å². The van der Waals surface area contributed by atoms with Gasteiger partial charge in [-0.2, -0.15) is 5.26 Å². The van der Waals surface area contributed by atoms with E-state index in [1.54, 1.807) is 23.1 Å². The largest absolute Gasteiger partial charge is 0.368 e. The highest BCUT2D eigenvalue weighted by atomic mass is 19.1. The summed E-state index contributed by atoms with van der Waals surface area (Å²) < 4.78 is 27.4. The van der Waals surface area contributed by atoms with E-state index in [4.69, 9.17) is 5.73 Å². The lowest BCUT2D eigenvalue weighted by atomic mass is 9.67. The van der Waals surface area contributed by atoms with Gasteiger partial charge in [0.2, 0.25) is 5.91 Å². The van der Waals surface area contributed by atoms with Crippen molar-refractivity contribution in [2.24, 2.45) is 11.1 Å². The normalized spacial score (nSPS) is 24.7. The van der Waals surface area contributed by atoms with Crippen molar-refractivity contribution < 1.29 is 18.4 Å². The molecule has 0 unspecified atom stereocenters. The van der Waals surface area contributed by atoms with Crippen LogP contribution in [0, 0.1) is 28.4 Å². The van der Waals surface area contributed by atoms with E-state index in [1.165, 1.54) is 48.5 Å². The number of rotatable bonds is 4. The number of hydrogen-bond acceptors (Lipinski definition) is 4. The number of nitriles is 1. The lowest BCUT2D eigenvalue weighted by Gasteiger charge is -2.36. The number of nitrogens with two attached hydrogens (primary N) is 1. The Hall–Kier alpha value is -4.31. The number of amides is 1. The molecule has 5 rings (SSSR count). The predicted octanol–water partition coefficient (Wildman–Crippen LogP) is 4.21. The Labute approximate surface area is 194 Å². The van der Waals surface area contributed by atoms with Gasteiger partial charge in [0.25, 0.3) is 0 Å². The number of ketones is 1. The van der Waals surface area contributed by atoms with Crippen LogP contribution in [0.4, 0.5) is 14.5 Å². The van der Waals surface area contributed by atoms with Crippen LogP contribution in [-0.4, -0.2) is 23.8 Å². The summed E-state index contributed by atoms with van der Waals surface area (Å²) in [6.07, 6.45) is 3.52. The summed E-state index contributed by atoms with van der Waals surface area (Å²) >= 11 is 0. The molecule has 0 spiro atoms. The number of carbonyl (C=O) groups excluding carboxylic acids is 2. The highest BCUT2D eigenvalue weighted by Gasteiger charge is 2.65. The number of fused-ring (bicyclic) bond motifs is 3. The van der Waals surface area contributed by atoms with Gasteiger partial charge in [0.05, 0.1) is 12.1 Å². The second kappa shape index (κ2) is 7.92. The van der Waals surface area contributed by atoms with Crippen LogP contribution in [0.1, 0.15) is 27.4 Å². The fraction of sp³-hybridized carbons (Fsp3) is 0.148. The first kappa shape index (κ1) is 21.5. The van der Waals surface area contributed by atoms with Crippen LogP contribution in [0.5, 0.6) is 0 Å². The van der Waals surface area contributed by atoms with Gasteiger partial charge in [0.15, 0.2) is 11.2 Å². The second-order valence-electron chi connectivity index (χ2n) is 8.46. The summed E-state index contributed by atoms with van der Waals surface area (Å²) in [5, 5.41) is 10.4. The number of anilines is 1. The molecule has 1 saturated heterocycles. The minimum absolute atomic E-state index is 0.225. The van der Waals surface area contributed by atoms with Crippen molar-refractivity contribution in [3.8, 4) is 6.07 Å². The predicted molar refractivity (Wildman–Crippen MR) is 123 cm³/mol. The van der Waals surface area contributed by atoms with E-state index in [1.807, 2.05) is 18.2 Å². The molecule has 0 aliphatic carbocycles. The number of Topliss-reactive ketones (excluding diaryl/α,β-unsaturated/α-hetero) is 1. The van der Waals surface area contributed by atoms with Crippen molar-refractivity contribution in [2.45, 2.75) is 18.0 Å². The average Bonchev–Trinajstić information content (AvgIpc) is 3.16. The Bertz CT molecular complexity index is 1360. The van der Waals surface area contributed by atoms with Crippen LogP contribution >= 0.6 is 0 Å². The van der Waals surface area contributed by atoms with E-state index in [9.17, 15) is 23.6 Å². The summed E-state index contributed by atoms with van der Waals surface area (Å²) in [7, 11) is 0. The van der Waals surface area contributed by atoms with Gasteiger partial charge in [-0.25, -0.2) is 8.78 Å². The third-order valence-corrected chi connectivity index (χ3v) is 6.76. The van der Waals surface area contributed by atoms with Gasteiger partial charge in [-0.3, -0.25) is 9.59 Å². The minimum Gasteiger partial charge on any atom is -0.368 e. The molecule has 2 heterocycles. The molecule has 0 bridgehead atoms. The molecular formula is C27H19F2N3O2. The Kier molecular flexibility index (Phi) is 5.02. The fourth-order valence-electron chi connectivity index (χ4n) is 5.26. The topological polar surface area (TPSA) is 87.2 Å². The molecule has 7 heteroatoms. The maximum atomic E-state index is 14.0. The molecule has 3 aromatic carbocycles. The molecule has 0 radical (unpaired) electrons. The Morgan fingerprint density at radius 1 is 0.941 bits per heavy atom. The number of carbonyl (C=O) groups is 2. The van der Waals surface area contributed by atoms with Crippen LogP contribution in [-0.2, 0) is 4.79 Å². The molecule has 34 heavy (non-hydrogen) atoms. The molecule has 0 aromatic heterocycles. The Balaban J connectivity index is 1.80. The van der Waals surface area contributed by atoms with Crippen LogP contribution in [0.3, 0.4) is 0 Å². The number of hydrogen-bond donors (Lipinski definition) is 1. The van der Waals surface area contributed by atoms with Crippen molar-refractivity contribution in [2.75, 3.05) is 4.90 Å². The minimum atomic E-state index is -1.82. The van der Waals surface area contributed by atoms with Gasteiger partial charge in [-0.05, 0) is 53.6 Å². The maximum absolute atomic E-state index is 14.0. The second-order valence-corrected chi connectivity index (χ2v) is 8.46. The first-order valence-corrected chi connectivity index (χ1v) is 10.7. The average molecular weight is 455 g/mol. The summed E-state index contributed by atoms with van der Waals surface area (Å²) in [6.45, 7) is 0. The quantitative estimate of drug-likeness (QED) is 0.597. The van der Waals surface area contributed by atoms with E-state index in [0.717, 1.165) is 5.56 Å². The number of nitrogens with zero attached hydrogens (tertiary/aromatic N) is 2. The molecular weight excluding hydrogens is 436 g/mol. The van der Waals surface area contributed by atoms with E-state index in [0.29, 0.717) is 11.3 Å². The summed E-state index contributed by atoms with van der Waals surface area (Å²) in [4.78, 5) is 28.8. The van der Waals surface area contributed by atoms with Gasteiger partial charge in [-0.1, -0.05) is 42.5 Å². The van der Waals surface area contributed by atoms with Crippen LogP contribution in [0.25, 0.3) is 6.08 Å². The molecule has 3 aromatic rings. The monoisotopic (exact) mass is 455 g/mol. The van der Waals surface area contributed by atoms with E-state index < -0.39 is 46.7 Å². The summed E-state index contributed by atoms with van der Waals surface area (Å²) in [5.74, 6) is -3.27. The first-order valence-electron chi connectivity index (χ1n) is 10.7. The Morgan fingerprint density at radius 3 is 2.18 bits per heavy atom. The highest BCUT2D eigenvalue weighted by Crippen LogP contribution is 2.55. The summed E-state index contributed by atoms with van der Waals surface area (Å²) in [6, 6.07) is 18.1. The number of primary amides is 1. The number of halogens is 2. The third-order valence-electron chi connectivity index (χ3n) is 6.76.